The van der Waals surface area contributed by atoms with Gasteiger partial charge in [0.2, 0.25) is 0 Å². The third-order valence-electron chi connectivity index (χ3n) is 2.61. The maximum atomic E-state index is 11.8. The number of esters is 1. The molecule has 0 aromatic carbocycles. The van der Waals surface area contributed by atoms with Gasteiger partial charge in [0.05, 0.1) is 18.9 Å². The summed E-state index contributed by atoms with van der Waals surface area (Å²) < 4.78 is 33.0. The van der Waals surface area contributed by atoms with Crippen LogP contribution in [0, 0.1) is 0 Å². The van der Waals surface area contributed by atoms with E-state index in [9.17, 15) is 13.2 Å². The lowest BCUT2D eigenvalue weighted by Gasteiger charge is -2.25. The monoisotopic (exact) mass is 308 g/mol. The largest absolute Gasteiger partial charge is 0.453 e. The lowest BCUT2D eigenvalue weighted by Crippen LogP contribution is -2.38. The smallest absolute Gasteiger partial charge is 0.360 e. The minimum atomic E-state index is -4.07. The van der Waals surface area contributed by atoms with Crippen LogP contribution in [0.1, 0.15) is 29.5 Å². The van der Waals surface area contributed by atoms with Crippen LogP contribution in [0.25, 0.3) is 0 Å². The molecule has 0 atom stereocenters. The Morgan fingerprint density at radius 3 is 2.74 bits per heavy atom. The van der Waals surface area contributed by atoms with E-state index in [1.54, 1.807) is 0 Å². The first-order chi connectivity index (χ1) is 8.93. The maximum Gasteiger partial charge on any atom is 0.360 e. The molecule has 0 amide bonds. The van der Waals surface area contributed by atoms with Gasteiger partial charge in [-0.3, -0.25) is 5.10 Å². The Morgan fingerprint density at radius 1 is 1.58 bits per heavy atom. The predicted octanol–water partition coefficient (Wildman–Crippen LogP) is 0.845. The average Bonchev–Trinajstić information content (AvgIpc) is 2.67. The van der Waals surface area contributed by atoms with Crippen LogP contribution >= 0.6 is 10.7 Å². The van der Waals surface area contributed by atoms with Gasteiger partial charge in [-0.15, -0.1) is 0 Å². The van der Waals surface area contributed by atoms with E-state index in [1.807, 2.05) is 6.92 Å². The van der Waals surface area contributed by atoms with Crippen molar-refractivity contribution in [2.45, 2.75) is 30.8 Å². The second kappa shape index (κ2) is 5.48. The Bertz CT molecular complexity index is 579. The lowest BCUT2D eigenvalue weighted by atomic mass is 10.2. The fourth-order valence-electron chi connectivity index (χ4n) is 1.68. The second-order valence-corrected chi connectivity index (χ2v) is 6.64. The van der Waals surface area contributed by atoms with Crippen molar-refractivity contribution in [1.29, 1.82) is 0 Å². The molecule has 7 nitrogen and oxygen atoms in total. The number of aromatic nitrogens is 2. The Kier molecular flexibility index (Phi) is 4.12. The summed E-state index contributed by atoms with van der Waals surface area (Å²) in [5.41, 5.74) is 0.0136. The number of nitrogens with one attached hydrogen (secondary N) is 1. The highest BCUT2D eigenvalue weighted by Crippen LogP contribution is 2.24. The SMILES string of the molecule is CCCc1[nH]nc(C(=O)OC2COC2)c1S(=O)(=O)Cl. The highest BCUT2D eigenvalue weighted by molar-refractivity contribution is 8.13. The zero-order valence-corrected chi connectivity index (χ0v) is 11.8. The number of H-pyrrole nitrogens is 1. The van der Waals surface area contributed by atoms with E-state index in [-0.39, 0.29) is 16.7 Å². The average molecular weight is 309 g/mol. The van der Waals surface area contributed by atoms with Crippen molar-refractivity contribution in [3.63, 3.8) is 0 Å². The summed E-state index contributed by atoms with van der Waals surface area (Å²) in [6, 6.07) is 0. The number of halogens is 1. The fourth-order valence-corrected chi connectivity index (χ4v) is 2.98. The van der Waals surface area contributed by atoms with Gasteiger partial charge in [0.25, 0.3) is 9.05 Å². The van der Waals surface area contributed by atoms with Gasteiger partial charge in [0.1, 0.15) is 11.0 Å². The van der Waals surface area contributed by atoms with E-state index < -0.39 is 15.0 Å². The molecule has 0 spiro atoms. The third kappa shape index (κ3) is 3.07. The molecule has 0 radical (unpaired) electrons. The zero-order chi connectivity index (χ0) is 14.0. The summed E-state index contributed by atoms with van der Waals surface area (Å²) >= 11 is 0. The van der Waals surface area contributed by atoms with Crippen LogP contribution in [0.4, 0.5) is 0 Å². The summed E-state index contributed by atoms with van der Waals surface area (Å²) in [5, 5.41) is 6.23. The normalized spacial score (nSPS) is 16.1. The standard InChI is InChI=1S/C10H13ClN2O5S/c1-2-3-7-9(19(11,15)16)8(13-12-7)10(14)18-6-4-17-5-6/h6H,2-5H2,1H3,(H,12,13). The molecule has 1 N–H and O–H groups in total. The van der Waals surface area contributed by atoms with E-state index >= 15 is 0 Å². The molecule has 0 saturated carbocycles. The van der Waals surface area contributed by atoms with E-state index in [2.05, 4.69) is 10.2 Å². The molecule has 0 aliphatic carbocycles. The summed E-state index contributed by atoms with van der Waals surface area (Å²) in [5.74, 6) is -0.814. The van der Waals surface area contributed by atoms with E-state index in [4.69, 9.17) is 20.2 Å². The number of hydrogen-bond acceptors (Lipinski definition) is 6. The number of rotatable bonds is 5. The molecule has 106 valence electrons. The van der Waals surface area contributed by atoms with Gasteiger partial charge < -0.3 is 9.47 Å². The van der Waals surface area contributed by atoms with Gasteiger partial charge in [-0.05, 0) is 6.42 Å². The van der Waals surface area contributed by atoms with Crippen molar-refractivity contribution in [1.82, 2.24) is 10.2 Å². The van der Waals surface area contributed by atoms with Gasteiger partial charge in [-0.1, -0.05) is 13.3 Å². The van der Waals surface area contributed by atoms with Crippen molar-refractivity contribution in [3.05, 3.63) is 11.4 Å². The number of aryl methyl sites for hydroxylation is 1. The first-order valence-corrected chi connectivity index (χ1v) is 8.05. The van der Waals surface area contributed by atoms with Crippen molar-refractivity contribution in [2.24, 2.45) is 0 Å². The predicted molar refractivity (Wildman–Crippen MR) is 65.6 cm³/mol. The van der Waals surface area contributed by atoms with E-state index in [0.29, 0.717) is 31.7 Å². The molecule has 0 bridgehead atoms. The van der Waals surface area contributed by atoms with Crippen LogP contribution in [0.3, 0.4) is 0 Å². The lowest BCUT2D eigenvalue weighted by molar-refractivity contribution is -0.103. The van der Waals surface area contributed by atoms with Crippen molar-refractivity contribution in [2.75, 3.05) is 13.2 Å². The number of nitrogens with zero attached hydrogens (tertiary/aromatic N) is 1. The van der Waals surface area contributed by atoms with E-state index in [1.165, 1.54) is 0 Å². The molecule has 1 fully saturated rings. The zero-order valence-electron chi connectivity index (χ0n) is 10.2. The molecule has 2 rings (SSSR count). The summed E-state index contributed by atoms with van der Waals surface area (Å²) in [7, 11) is 1.29. The van der Waals surface area contributed by atoms with Gasteiger partial charge in [0.15, 0.2) is 5.69 Å². The molecule has 2 heterocycles. The van der Waals surface area contributed by atoms with Crippen LogP contribution in [-0.2, 0) is 24.9 Å². The molecule has 1 saturated heterocycles. The molecule has 1 aromatic heterocycles. The highest BCUT2D eigenvalue weighted by atomic mass is 35.7. The number of aromatic amines is 1. The Balaban J connectivity index is 2.31. The molecule has 9 heteroatoms. The molecule has 1 aliphatic rings. The summed E-state index contributed by atoms with van der Waals surface area (Å²) in [4.78, 5) is 11.6. The van der Waals surface area contributed by atoms with Crippen molar-refractivity contribution < 1.29 is 22.7 Å². The molecular weight excluding hydrogens is 296 g/mol. The van der Waals surface area contributed by atoms with E-state index in [0.717, 1.165) is 0 Å². The number of hydrogen-bond donors (Lipinski definition) is 1. The minimum Gasteiger partial charge on any atom is -0.453 e. The first-order valence-electron chi connectivity index (χ1n) is 5.74. The Hall–Kier alpha value is -1.12. The third-order valence-corrected chi connectivity index (χ3v) is 4.00. The highest BCUT2D eigenvalue weighted by Gasteiger charge is 2.32. The Morgan fingerprint density at radius 2 is 2.26 bits per heavy atom. The van der Waals surface area contributed by atoms with Crippen LogP contribution in [0.5, 0.6) is 0 Å². The second-order valence-electron chi connectivity index (χ2n) is 4.13. The van der Waals surface area contributed by atoms with Crippen molar-refractivity contribution in [3.8, 4) is 0 Å². The van der Waals surface area contributed by atoms with Gasteiger partial charge in [-0.2, -0.15) is 5.10 Å². The van der Waals surface area contributed by atoms with Crippen LogP contribution in [0.15, 0.2) is 4.90 Å². The topological polar surface area (TPSA) is 98.3 Å². The van der Waals surface area contributed by atoms with Crippen LogP contribution < -0.4 is 0 Å². The maximum absolute atomic E-state index is 11.8. The minimum absolute atomic E-state index is 0.291. The summed E-state index contributed by atoms with van der Waals surface area (Å²) in [6.07, 6.45) is 0.755. The molecule has 19 heavy (non-hydrogen) atoms. The molecule has 1 aliphatic heterocycles. The van der Waals surface area contributed by atoms with Crippen molar-refractivity contribution >= 4 is 25.7 Å². The quantitative estimate of drug-likeness (QED) is 0.639. The van der Waals surface area contributed by atoms with Crippen LogP contribution in [0.2, 0.25) is 0 Å². The number of carbonyl (C=O) groups excluding carboxylic acids is 1. The number of carbonyl (C=O) groups is 1. The molecular formula is C10H13ClN2O5S. The first kappa shape index (κ1) is 14.3. The molecule has 1 aromatic rings. The van der Waals surface area contributed by atoms with Gasteiger partial charge in [0, 0.05) is 10.7 Å². The van der Waals surface area contributed by atoms with Crippen LogP contribution in [-0.4, -0.2) is 43.9 Å². The summed E-state index contributed by atoms with van der Waals surface area (Å²) in [6.45, 7) is 2.48. The number of ether oxygens (including phenoxy) is 2. The Labute approximate surface area is 114 Å². The fraction of sp³-hybridized carbons (Fsp3) is 0.600. The molecule has 0 unspecified atom stereocenters. The van der Waals surface area contributed by atoms with Gasteiger partial charge in [-0.25, -0.2) is 13.2 Å². The van der Waals surface area contributed by atoms with Gasteiger partial charge >= 0.3 is 5.97 Å².